The van der Waals surface area contributed by atoms with Crippen molar-refractivity contribution in [2.24, 2.45) is 0 Å². The molecule has 1 amide bonds. The highest BCUT2D eigenvalue weighted by Crippen LogP contribution is 2.20. The molecule has 0 radical (unpaired) electrons. The summed E-state index contributed by atoms with van der Waals surface area (Å²) in [6.45, 7) is 1.62. The van der Waals surface area contributed by atoms with Crippen LogP contribution in [0.4, 0.5) is 0 Å². The standard InChI is InChI=1S/C13H17N5OS2/c19-12-5-1-2-7-17(12)10-21-13-14-15-16-18(13)8-6-11-4-3-9-20-11/h3-4,9H,1-2,5-8,10H2. The van der Waals surface area contributed by atoms with Crippen LogP contribution in [0.3, 0.4) is 0 Å². The second kappa shape index (κ2) is 7.04. The van der Waals surface area contributed by atoms with Gasteiger partial charge in [-0.25, -0.2) is 4.68 Å². The van der Waals surface area contributed by atoms with E-state index in [2.05, 4.69) is 33.0 Å². The highest BCUT2D eigenvalue weighted by atomic mass is 32.2. The van der Waals surface area contributed by atoms with E-state index in [1.807, 2.05) is 9.58 Å². The van der Waals surface area contributed by atoms with Crippen LogP contribution in [0.15, 0.2) is 22.7 Å². The van der Waals surface area contributed by atoms with E-state index < -0.39 is 0 Å². The molecule has 2 aromatic heterocycles. The van der Waals surface area contributed by atoms with Gasteiger partial charge in [-0.15, -0.1) is 16.4 Å². The summed E-state index contributed by atoms with van der Waals surface area (Å²) in [7, 11) is 0. The first-order chi connectivity index (χ1) is 10.3. The molecule has 8 heteroatoms. The Kier molecular flexibility index (Phi) is 4.87. The van der Waals surface area contributed by atoms with Crippen LogP contribution in [-0.2, 0) is 17.8 Å². The molecular weight excluding hydrogens is 306 g/mol. The summed E-state index contributed by atoms with van der Waals surface area (Å²) in [6.07, 6.45) is 3.71. The van der Waals surface area contributed by atoms with Crippen LogP contribution in [0.5, 0.6) is 0 Å². The predicted octanol–water partition coefficient (Wildman–Crippen LogP) is 2.04. The van der Waals surface area contributed by atoms with Crippen molar-refractivity contribution in [3.63, 3.8) is 0 Å². The number of hydrogen-bond donors (Lipinski definition) is 0. The molecule has 0 spiro atoms. The molecule has 21 heavy (non-hydrogen) atoms. The monoisotopic (exact) mass is 323 g/mol. The third-order valence-corrected chi connectivity index (χ3v) is 5.35. The number of rotatable bonds is 6. The van der Waals surface area contributed by atoms with Gasteiger partial charge in [-0.3, -0.25) is 4.79 Å². The second-order valence-corrected chi connectivity index (χ2v) is 6.85. The van der Waals surface area contributed by atoms with Crippen LogP contribution >= 0.6 is 23.1 Å². The molecule has 112 valence electrons. The molecule has 0 saturated carbocycles. The van der Waals surface area contributed by atoms with Crippen molar-refractivity contribution < 1.29 is 4.79 Å². The molecule has 1 aliphatic heterocycles. The summed E-state index contributed by atoms with van der Waals surface area (Å²) >= 11 is 3.28. The molecular formula is C13H17N5OS2. The van der Waals surface area contributed by atoms with Crippen LogP contribution in [-0.4, -0.2) is 43.4 Å². The Hall–Kier alpha value is -1.41. The second-order valence-electron chi connectivity index (χ2n) is 4.90. The van der Waals surface area contributed by atoms with Crippen molar-refractivity contribution >= 4 is 29.0 Å². The Morgan fingerprint density at radius 1 is 1.38 bits per heavy atom. The number of aromatic nitrogens is 4. The summed E-state index contributed by atoms with van der Waals surface area (Å²) in [6, 6.07) is 4.17. The topological polar surface area (TPSA) is 63.9 Å². The lowest BCUT2D eigenvalue weighted by Crippen LogP contribution is -2.34. The molecule has 0 N–H and O–H groups in total. The maximum Gasteiger partial charge on any atom is 0.223 e. The summed E-state index contributed by atoms with van der Waals surface area (Å²) in [5.41, 5.74) is 0. The van der Waals surface area contributed by atoms with Crippen LogP contribution in [0, 0.1) is 0 Å². The minimum absolute atomic E-state index is 0.242. The van der Waals surface area contributed by atoms with Crippen LogP contribution in [0.25, 0.3) is 0 Å². The number of carbonyl (C=O) groups is 1. The summed E-state index contributed by atoms with van der Waals surface area (Å²) in [5, 5.41) is 14.7. The normalized spacial score (nSPS) is 15.6. The Morgan fingerprint density at radius 3 is 3.14 bits per heavy atom. The van der Waals surface area contributed by atoms with E-state index in [1.54, 1.807) is 11.3 Å². The number of likely N-dealkylation sites (tertiary alicyclic amines) is 1. The molecule has 1 saturated heterocycles. The zero-order valence-corrected chi connectivity index (χ0v) is 13.3. The highest BCUT2D eigenvalue weighted by molar-refractivity contribution is 7.99. The zero-order valence-electron chi connectivity index (χ0n) is 11.6. The van der Waals surface area contributed by atoms with E-state index >= 15 is 0 Å². The fourth-order valence-electron chi connectivity index (χ4n) is 2.24. The van der Waals surface area contributed by atoms with E-state index in [0.717, 1.165) is 37.5 Å². The molecule has 0 atom stereocenters. The molecule has 6 nitrogen and oxygen atoms in total. The summed E-state index contributed by atoms with van der Waals surface area (Å²) < 4.78 is 1.82. The lowest BCUT2D eigenvalue weighted by Gasteiger charge is -2.25. The lowest BCUT2D eigenvalue weighted by molar-refractivity contribution is -0.132. The number of thioether (sulfide) groups is 1. The number of thiophene rings is 1. The van der Waals surface area contributed by atoms with Gasteiger partial charge < -0.3 is 4.90 Å². The third kappa shape index (κ3) is 3.82. The van der Waals surface area contributed by atoms with E-state index in [0.29, 0.717) is 12.3 Å². The van der Waals surface area contributed by atoms with E-state index in [4.69, 9.17) is 0 Å². The molecule has 0 aliphatic carbocycles. The minimum atomic E-state index is 0.242. The number of aryl methyl sites for hydroxylation is 2. The summed E-state index contributed by atoms with van der Waals surface area (Å²) in [5.74, 6) is 0.879. The van der Waals surface area contributed by atoms with Crippen LogP contribution in [0.1, 0.15) is 24.1 Å². The summed E-state index contributed by atoms with van der Waals surface area (Å²) in [4.78, 5) is 15.0. The Bertz CT molecular complexity index is 583. The molecule has 3 heterocycles. The molecule has 2 aromatic rings. The van der Waals surface area contributed by atoms with Gasteiger partial charge in [0.05, 0.1) is 12.4 Å². The van der Waals surface area contributed by atoms with Gasteiger partial charge in [-0.05, 0) is 34.7 Å². The Balaban J connectivity index is 1.53. The van der Waals surface area contributed by atoms with Crippen molar-refractivity contribution in [3.8, 4) is 0 Å². The number of tetrazole rings is 1. The van der Waals surface area contributed by atoms with Crippen molar-refractivity contribution in [2.75, 3.05) is 12.4 Å². The van der Waals surface area contributed by atoms with Crippen LogP contribution < -0.4 is 0 Å². The van der Waals surface area contributed by atoms with E-state index in [-0.39, 0.29) is 5.91 Å². The first-order valence-corrected chi connectivity index (χ1v) is 8.88. The average molecular weight is 323 g/mol. The molecule has 0 bridgehead atoms. The van der Waals surface area contributed by atoms with Gasteiger partial charge >= 0.3 is 0 Å². The van der Waals surface area contributed by atoms with Gasteiger partial charge in [0, 0.05) is 24.3 Å². The van der Waals surface area contributed by atoms with Crippen molar-refractivity contribution in [1.29, 1.82) is 0 Å². The highest BCUT2D eigenvalue weighted by Gasteiger charge is 2.19. The van der Waals surface area contributed by atoms with Gasteiger partial charge in [-0.1, -0.05) is 17.8 Å². The van der Waals surface area contributed by atoms with E-state index in [1.165, 1.54) is 16.6 Å². The first kappa shape index (κ1) is 14.5. The quantitative estimate of drug-likeness (QED) is 0.761. The van der Waals surface area contributed by atoms with Crippen molar-refractivity contribution in [1.82, 2.24) is 25.1 Å². The minimum Gasteiger partial charge on any atom is -0.333 e. The van der Waals surface area contributed by atoms with Gasteiger partial charge in [0.2, 0.25) is 11.1 Å². The molecule has 0 unspecified atom stereocenters. The van der Waals surface area contributed by atoms with Crippen LogP contribution in [0.2, 0.25) is 0 Å². The number of hydrogen-bond acceptors (Lipinski definition) is 6. The average Bonchev–Trinajstić information content (AvgIpc) is 3.16. The van der Waals surface area contributed by atoms with Gasteiger partial charge in [0.15, 0.2) is 0 Å². The number of carbonyl (C=O) groups excluding carboxylic acids is 1. The Labute approximate surface area is 131 Å². The molecule has 3 rings (SSSR count). The fourth-order valence-corrected chi connectivity index (χ4v) is 3.86. The van der Waals surface area contributed by atoms with Gasteiger partial charge in [0.25, 0.3) is 0 Å². The number of amides is 1. The molecule has 0 aromatic carbocycles. The maximum atomic E-state index is 11.8. The Morgan fingerprint density at radius 2 is 2.33 bits per heavy atom. The van der Waals surface area contributed by atoms with E-state index in [9.17, 15) is 4.79 Å². The predicted molar refractivity (Wildman–Crippen MR) is 82.1 cm³/mol. The molecule has 1 aliphatic rings. The number of nitrogens with zero attached hydrogens (tertiary/aromatic N) is 5. The van der Waals surface area contributed by atoms with Crippen molar-refractivity contribution in [2.45, 2.75) is 37.4 Å². The SMILES string of the molecule is O=C1CCCCN1CSc1nnnn1CCc1cccs1. The first-order valence-electron chi connectivity index (χ1n) is 7.02. The maximum absolute atomic E-state index is 11.8. The fraction of sp³-hybridized carbons (Fsp3) is 0.538. The van der Waals surface area contributed by atoms with Crippen molar-refractivity contribution in [3.05, 3.63) is 22.4 Å². The zero-order chi connectivity index (χ0) is 14.5. The van der Waals surface area contributed by atoms with Gasteiger partial charge in [0.1, 0.15) is 0 Å². The third-order valence-electron chi connectivity index (χ3n) is 3.42. The smallest absolute Gasteiger partial charge is 0.223 e. The lowest BCUT2D eigenvalue weighted by atomic mass is 10.1. The van der Waals surface area contributed by atoms with Gasteiger partial charge in [-0.2, -0.15) is 0 Å². The number of piperidine rings is 1. The largest absolute Gasteiger partial charge is 0.333 e. The molecule has 1 fully saturated rings.